The Balaban J connectivity index is 2.11. The van der Waals surface area contributed by atoms with Gasteiger partial charge >= 0.3 is 0 Å². The zero-order valence-electron chi connectivity index (χ0n) is 6.49. The summed E-state index contributed by atoms with van der Waals surface area (Å²) < 4.78 is 0. The third-order valence-corrected chi connectivity index (χ3v) is 3.61. The largest absolute Gasteiger partial charge is 0.299 e. The lowest BCUT2D eigenvalue weighted by Gasteiger charge is -2.28. The Kier molecular flexibility index (Phi) is 0.961. The number of hydrogen-bond donors (Lipinski definition) is 0. The van der Waals surface area contributed by atoms with Crippen LogP contribution in [-0.2, 0) is 4.79 Å². The van der Waals surface area contributed by atoms with Gasteiger partial charge < -0.3 is 0 Å². The fraction of sp³-hybridized carbons (Fsp3) is 0.700. The van der Waals surface area contributed by atoms with E-state index >= 15 is 0 Å². The van der Waals surface area contributed by atoms with Gasteiger partial charge in [-0.25, -0.2) is 0 Å². The van der Waals surface area contributed by atoms with Crippen LogP contribution in [0.1, 0.15) is 19.3 Å². The average Bonchev–Trinajstić information content (AvgIpc) is 2.14. The summed E-state index contributed by atoms with van der Waals surface area (Å²) in [6.45, 7) is 0. The fourth-order valence-corrected chi connectivity index (χ4v) is 3.12. The van der Waals surface area contributed by atoms with Gasteiger partial charge in [-0.2, -0.15) is 0 Å². The maximum absolute atomic E-state index is 11.6. The molecule has 0 aliphatic heterocycles. The molecular weight excluding hydrogens is 136 g/mol. The Bertz CT molecular complexity index is 239. The number of carbonyl (C=O) groups excluding carboxylic acids is 1. The molecule has 0 heterocycles. The molecule has 0 amide bonds. The van der Waals surface area contributed by atoms with E-state index in [0.29, 0.717) is 17.6 Å². The number of Topliss-reactive ketones (excluding diaryl/α,β-unsaturated/α-hetero) is 1. The zero-order valence-corrected chi connectivity index (χ0v) is 6.49. The van der Waals surface area contributed by atoms with Crippen molar-refractivity contribution in [2.45, 2.75) is 19.3 Å². The summed E-state index contributed by atoms with van der Waals surface area (Å²) in [6.07, 6.45) is 8.10. The van der Waals surface area contributed by atoms with E-state index < -0.39 is 0 Å². The molecule has 0 saturated heterocycles. The minimum atomic E-state index is 0.332. The minimum absolute atomic E-state index is 0.332. The van der Waals surface area contributed by atoms with Crippen LogP contribution >= 0.6 is 0 Å². The maximum atomic E-state index is 11.6. The summed E-state index contributed by atoms with van der Waals surface area (Å²) in [5.41, 5.74) is 0. The number of fused-ring (bicyclic) bond motifs is 2. The highest BCUT2D eigenvalue weighted by Gasteiger charge is 2.47. The van der Waals surface area contributed by atoms with Crippen molar-refractivity contribution >= 4 is 5.78 Å². The van der Waals surface area contributed by atoms with Crippen LogP contribution in [0.5, 0.6) is 0 Å². The predicted molar refractivity (Wildman–Crippen MR) is 42.0 cm³/mol. The van der Waals surface area contributed by atoms with Gasteiger partial charge in [-0.3, -0.25) is 4.79 Å². The van der Waals surface area contributed by atoms with E-state index in [4.69, 9.17) is 0 Å². The fourth-order valence-electron chi connectivity index (χ4n) is 3.12. The van der Waals surface area contributed by atoms with Crippen LogP contribution in [-0.4, -0.2) is 5.78 Å². The van der Waals surface area contributed by atoms with Crippen molar-refractivity contribution in [1.29, 1.82) is 0 Å². The molecule has 0 spiro atoms. The molecule has 2 fully saturated rings. The van der Waals surface area contributed by atoms with E-state index in [1.165, 1.54) is 12.8 Å². The molecule has 0 aromatic heterocycles. The summed E-state index contributed by atoms with van der Waals surface area (Å²) >= 11 is 0. The van der Waals surface area contributed by atoms with Gasteiger partial charge in [-0.05, 0) is 31.1 Å². The van der Waals surface area contributed by atoms with Gasteiger partial charge in [-0.1, -0.05) is 12.2 Å². The average molecular weight is 148 g/mol. The minimum Gasteiger partial charge on any atom is -0.299 e. The third-order valence-electron chi connectivity index (χ3n) is 3.61. The molecule has 3 aliphatic rings. The smallest absolute Gasteiger partial charge is 0.143 e. The molecule has 4 atom stereocenters. The number of allylic oxidation sites excluding steroid dienone is 2. The Labute approximate surface area is 66.5 Å². The van der Waals surface area contributed by atoms with E-state index in [9.17, 15) is 4.79 Å². The summed E-state index contributed by atoms with van der Waals surface area (Å²) in [6, 6.07) is 0. The van der Waals surface area contributed by atoms with Gasteiger partial charge in [0, 0.05) is 11.8 Å². The number of ketones is 1. The Morgan fingerprint density at radius 3 is 3.00 bits per heavy atom. The number of hydrogen-bond acceptors (Lipinski definition) is 1. The van der Waals surface area contributed by atoms with Crippen LogP contribution in [0.3, 0.4) is 0 Å². The molecule has 0 N–H and O–H groups in total. The molecular formula is C10H12O. The first-order valence-corrected chi connectivity index (χ1v) is 4.56. The summed E-state index contributed by atoms with van der Waals surface area (Å²) in [4.78, 5) is 11.6. The molecule has 0 radical (unpaired) electrons. The van der Waals surface area contributed by atoms with Crippen molar-refractivity contribution in [2.24, 2.45) is 23.7 Å². The Hall–Kier alpha value is -0.590. The van der Waals surface area contributed by atoms with Crippen LogP contribution in [0.2, 0.25) is 0 Å². The van der Waals surface area contributed by atoms with Crippen LogP contribution < -0.4 is 0 Å². The number of rotatable bonds is 0. The maximum Gasteiger partial charge on any atom is 0.143 e. The highest BCUT2D eigenvalue weighted by molar-refractivity contribution is 5.88. The monoisotopic (exact) mass is 148 g/mol. The van der Waals surface area contributed by atoms with E-state index in [1.807, 2.05) is 0 Å². The molecule has 3 aliphatic carbocycles. The SMILES string of the molecule is O=C1C2CC3C=CC1C(C3)C2. The topological polar surface area (TPSA) is 17.1 Å². The lowest BCUT2D eigenvalue weighted by molar-refractivity contribution is -0.122. The quantitative estimate of drug-likeness (QED) is 0.479. The van der Waals surface area contributed by atoms with E-state index in [2.05, 4.69) is 12.2 Å². The van der Waals surface area contributed by atoms with E-state index in [1.54, 1.807) is 0 Å². The van der Waals surface area contributed by atoms with Gasteiger partial charge in [0.15, 0.2) is 0 Å². The van der Waals surface area contributed by atoms with Crippen LogP contribution in [0.15, 0.2) is 12.2 Å². The third kappa shape index (κ3) is 0.640. The standard InChI is InChI=1S/C10H12O/c11-10-8-4-6-1-2-9(10)7(3-6)5-8/h1-2,6-9H,3-5H2. The van der Waals surface area contributed by atoms with Crippen molar-refractivity contribution in [3.63, 3.8) is 0 Å². The van der Waals surface area contributed by atoms with Crippen molar-refractivity contribution < 1.29 is 4.79 Å². The predicted octanol–water partition coefficient (Wildman–Crippen LogP) is 1.79. The first-order valence-electron chi connectivity index (χ1n) is 4.56. The second kappa shape index (κ2) is 1.77. The lowest BCUT2D eigenvalue weighted by Crippen LogP contribution is -2.18. The van der Waals surface area contributed by atoms with Gasteiger partial charge in [0.2, 0.25) is 0 Å². The van der Waals surface area contributed by atoms with Gasteiger partial charge in [0.05, 0.1) is 0 Å². The lowest BCUT2D eigenvalue weighted by atomic mass is 9.76. The second-order valence-corrected chi connectivity index (χ2v) is 4.24. The molecule has 3 rings (SSSR count). The molecule has 2 saturated carbocycles. The molecule has 1 nitrogen and oxygen atoms in total. The van der Waals surface area contributed by atoms with E-state index in [-0.39, 0.29) is 0 Å². The molecule has 0 aromatic carbocycles. The Morgan fingerprint density at radius 2 is 2.09 bits per heavy atom. The Morgan fingerprint density at radius 1 is 1.18 bits per heavy atom. The molecule has 11 heavy (non-hydrogen) atoms. The van der Waals surface area contributed by atoms with Crippen molar-refractivity contribution in [1.82, 2.24) is 0 Å². The highest BCUT2D eigenvalue weighted by atomic mass is 16.1. The van der Waals surface area contributed by atoms with Gasteiger partial charge in [0.25, 0.3) is 0 Å². The summed E-state index contributed by atoms with van der Waals surface area (Å²) in [5.74, 6) is 2.81. The molecule has 1 heteroatoms. The summed E-state index contributed by atoms with van der Waals surface area (Å²) in [5, 5.41) is 0. The highest BCUT2D eigenvalue weighted by Crippen LogP contribution is 2.49. The van der Waals surface area contributed by atoms with Crippen molar-refractivity contribution in [3.8, 4) is 0 Å². The first-order chi connectivity index (χ1) is 5.34. The zero-order chi connectivity index (χ0) is 7.42. The van der Waals surface area contributed by atoms with Crippen molar-refractivity contribution in [3.05, 3.63) is 12.2 Å². The first kappa shape index (κ1) is 5.99. The van der Waals surface area contributed by atoms with Crippen LogP contribution in [0.25, 0.3) is 0 Å². The van der Waals surface area contributed by atoms with Crippen LogP contribution in [0, 0.1) is 23.7 Å². The molecule has 3 bridgehead atoms. The normalized spacial score (nSPS) is 52.2. The summed E-state index contributed by atoms with van der Waals surface area (Å²) in [7, 11) is 0. The van der Waals surface area contributed by atoms with Crippen LogP contribution in [0.4, 0.5) is 0 Å². The van der Waals surface area contributed by atoms with E-state index in [0.717, 1.165) is 18.3 Å². The van der Waals surface area contributed by atoms with Gasteiger partial charge in [-0.15, -0.1) is 0 Å². The molecule has 0 aromatic rings. The molecule has 58 valence electrons. The van der Waals surface area contributed by atoms with Crippen molar-refractivity contribution in [2.75, 3.05) is 0 Å². The second-order valence-electron chi connectivity index (χ2n) is 4.24. The molecule has 4 unspecified atom stereocenters. The van der Waals surface area contributed by atoms with Gasteiger partial charge in [0.1, 0.15) is 5.78 Å². The number of carbonyl (C=O) groups is 1.